The van der Waals surface area contributed by atoms with Crippen molar-refractivity contribution in [1.29, 1.82) is 0 Å². The fourth-order valence-corrected chi connectivity index (χ4v) is 3.36. The molecule has 1 amide bonds. The van der Waals surface area contributed by atoms with Crippen molar-refractivity contribution < 1.29 is 23.8 Å². The van der Waals surface area contributed by atoms with Gasteiger partial charge in [0.15, 0.2) is 11.5 Å². The number of carbonyl (C=O) groups is 1. The van der Waals surface area contributed by atoms with Gasteiger partial charge in [0.2, 0.25) is 5.75 Å². The molecule has 0 spiro atoms. The van der Waals surface area contributed by atoms with Crippen LogP contribution in [0.5, 0.6) is 17.2 Å². The minimum Gasteiger partial charge on any atom is -0.502 e. The molecule has 0 saturated carbocycles. The quantitative estimate of drug-likeness (QED) is 0.701. The van der Waals surface area contributed by atoms with Crippen molar-refractivity contribution in [2.24, 2.45) is 0 Å². The molecule has 0 saturated heterocycles. The molecule has 1 aliphatic heterocycles. The molecule has 7 nitrogen and oxygen atoms in total. The summed E-state index contributed by atoms with van der Waals surface area (Å²) in [6, 6.07) is 14.3. The van der Waals surface area contributed by atoms with Crippen LogP contribution in [0.25, 0.3) is 0 Å². The molecule has 0 fully saturated rings. The second kappa shape index (κ2) is 7.19. The highest BCUT2D eigenvalue weighted by molar-refractivity contribution is 6.01. The van der Waals surface area contributed by atoms with E-state index in [1.165, 1.54) is 14.2 Å². The first-order valence-electron chi connectivity index (χ1n) is 8.76. The lowest BCUT2D eigenvalue weighted by molar-refractivity contribution is 0.0651. The minimum absolute atomic E-state index is 0.0890. The normalized spacial score (nSPS) is 15.7. The van der Waals surface area contributed by atoms with Crippen molar-refractivity contribution in [2.75, 3.05) is 19.5 Å². The van der Waals surface area contributed by atoms with Crippen molar-refractivity contribution in [3.63, 3.8) is 0 Å². The zero-order chi connectivity index (χ0) is 19.7. The zero-order valence-corrected chi connectivity index (χ0v) is 15.5. The minimum atomic E-state index is -0.504. The van der Waals surface area contributed by atoms with Crippen LogP contribution in [0.4, 0.5) is 5.69 Å². The van der Waals surface area contributed by atoms with Gasteiger partial charge in [0.25, 0.3) is 5.91 Å². The lowest BCUT2D eigenvalue weighted by Crippen LogP contribution is -2.42. The Balaban J connectivity index is 1.82. The molecule has 2 aromatic carbocycles. The van der Waals surface area contributed by atoms with Crippen molar-refractivity contribution in [2.45, 2.75) is 12.7 Å². The number of nitrogens with one attached hydrogen (secondary N) is 1. The number of benzene rings is 2. The highest BCUT2D eigenvalue weighted by Crippen LogP contribution is 2.42. The number of ether oxygens (including phenoxy) is 2. The van der Waals surface area contributed by atoms with Gasteiger partial charge in [-0.15, -0.1) is 0 Å². The van der Waals surface area contributed by atoms with Gasteiger partial charge >= 0.3 is 0 Å². The van der Waals surface area contributed by atoms with Crippen LogP contribution in [0.15, 0.2) is 59.2 Å². The molecule has 0 bridgehead atoms. The maximum Gasteiger partial charge on any atom is 0.258 e. The van der Waals surface area contributed by atoms with E-state index in [0.717, 1.165) is 5.69 Å². The number of phenols is 1. The maximum absolute atomic E-state index is 13.2. The average Bonchev–Trinajstić information content (AvgIpc) is 3.23. The van der Waals surface area contributed by atoms with Gasteiger partial charge in [0.1, 0.15) is 11.9 Å². The lowest BCUT2D eigenvalue weighted by atomic mass is 10.0. The predicted octanol–water partition coefficient (Wildman–Crippen LogP) is 3.77. The Morgan fingerprint density at radius 1 is 1.11 bits per heavy atom. The summed E-state index contributed by atoms with van der Waals surface area (Å²) in [6.07, 6.45) is 1.07. The summed E-state index contributed by atoms with van der Waals surface area (Å²) >= 11 is 0. The van der Waals surface area contributed by atoms with Gasteiger partial charge in [-0.3, -0.25) is 4.79 Å². The Hall–Kier alpha value is -3.61. The fraction of sp³-hybridized carbons (Fsp3) is 0.190. The van der Waals surface area contributed by atoms with E-state index in [1.807, 2.05) is 24.3 Å². The second-order valence-electron chi connectivity index (χ2n) is 6.38. The Morgan fingerprint density at radius 3 is 2.46 bits per heavy atom. The van der Waals surface area contributed by atoms with Crippen LogP contribution in [0.2, 0.25) is 0 Å². The Kier molecular flexibility index (Phi) is 4.57. The number of aromatic hydroxyl groups is 1. The number of furan rings is 1. The summed E-state index contributed by atoms with van der Waals surface area (Å²) in [5.74, 6) is 0.980. The molecule has 144 valence electrons. The fourth-order valence-electron chi connectivity index (χ4n) is 3.36. The van der Waals surface area contributed by atoms with E-state index in [9.17, 15) is 9.90 Å². The van der Waals surface area contributed by atoms with Crippen LogP contribution in [0.3, 0.4) is 0 Å². The predicted molar refractivity (Wildman–Crippen MR) is 103 cm³/mol. The molecular formula is C21H20N2O5. The molecule has 0 radical (unpaired) electrons. The van der Waals surface area contributed by atoms with Gasteiger partial charge < -0.3 is 29.2 Å². The van der Waals surface area contributed by atoms with Gasteiger partial charge in [-0.25, -0.2) is 0 Å². The Bertz CT molecular complexity index is 975. The number of anilines is 1. The molecule has 28 heavy (non-hydrogen) atoms. The molecular weight excluding hydrogens is 360 g/mol. The maximum atomic E-state index is 13.2. The van der Waals surface area contributed by atoms with Gasteiger partial charge in [-0.2, -0.15) is 0 Å². The number of phenolic OH excluding ortho intramolecular Hbond substituents is 1. The Morgan fingerprint density at radius 2 is 1.82 bits per heavy atom. The Labute approximate surface area is 162 Å². The standard InChI is InChI=1S/C21H20N2O5/c1-26-17-10-13(11-18(27-2)19(17)24)20-22-16-8-4-3-7-15(16)21(25)23(20)12-14-6-5-9-28-14/h3-11,20,22,24H,12H2,1-2H3/t20-/m0/s1. The summed E-state index contributed by atoms with van der Waals surface area (Å²) in [4.78, 5) is 14.9. The first-order valence-corrected chi connectivity index (χ1v) is 8.76. The number of fused-ring (bicyclic) bond motifs is 1. The monoisotopic (exact) mass is 380 g/mol. The molecule has 1 atom stereocenters. The molecule has 0 aliphatic carbocycles. The number of hydrogen-bond acceptors (Lipinski definition) is 6. The van der Waals surface area contributed by atoms with Crippen LogP contribution in [-0.2, 0) is 6.54 Å². The number of nitrogens with zero attached hydrogens (tertiary/aromatic N) is 1. The summed E-state index contributed by atoms with van der Waals surface area (Å²) in [6.45, 7) is 0.281. The topological polar surface area (TPSA) is 84.2 Å². The first kappa shape index (κ1) is 17.8. The van der Waals surface area contributed by atoms with Gasteiger partial charge in [-0.1, -0.05) is 12.1 Å². The van der Waals surface area contributed by atoms with E-state index in [1.54, 1.807) is 35.4 Å². The number of para-hydroxylation sites is 1. The van der Waals surface area contributed by atoms with Gasteiger partial charge in [-0.05, 0) is 36.4 Å². The molecule has 7 heteroatoms. The lowest BCUT2D eigenvalue weighted by Gasteiger charge is -2.38. The number of carbonyl (C=O) groups excluding carboxylic acids is 1. The van der Waals surface area contributed by atoms with E-state index in [2.05, 4.69) is 5.32 Å². The third kappa shape index (κ3) is 3.00. The molecule has 4 rings (SSSR count). The highest BCUT2D eigenvalue weighted by atomic mass is 16.5. The zero-order valence-electron chi connectivity index (χ0n) is 15.5. The van der Waals surface area contributed by atoms with Crippen LogP contribution in [0, 0.1) is 0 Å². The number of rotatable bonds is 5. The summed E-state index contributed by atoms with van der Waals surface area (Å²) in [5.41, 5.74) is 2.03. The van der Waals surface area contributed by atoms with Crippen LogP contribution >= 0.6 is 0 Å². The SMILES string of the molecule is COc1cc([C@H]2Nc3ccccc3C(=O)N2Cc2ccco2)cc(OC)c1O. The molecule has 2 heterocycles. The van der Waals surface area contributed by atoms with E-state index in [-0.39, 0.29) is 29.7 Å². The number of hydrogen-bond donors (Lipinski definition) is 2. The molecule has 1 aliphatic rings. The number of methoxy groups -OCH3 is 2. The molecule has 1 aromatic heterocycles. The second-order valence-corrected chi connectivity index (χ2v) is 6.38. The molecule has 0 unspecified atom stereocenters. The van der Waals surface area contributed by atoms with Crippen LogP contribution in [-0.4, -0.2) is 30.1 Å². The smallest absolute Gasteiger partial charge is 0.258 e. The number of amides is 1. The van der Waals surface area contributed by atoms with Crippen LogP contribution < -0.4 is 14.8 Å². The molecule has 3 aromatic rings. The third-order valence-corrected chi connectivity index (χ3v) is 4.75. The van der Waals surface area contributed by atoms with E-state index in [0.29, 0.717) is 16.9 Å². The van der Waals surface area contributed by atoms with Gasteiger partial charge in [0, 0.05) is 11.3 Å². The summed E-state index contributed by atoms with van der Waals surface area (Å²) < 4.78 is 16.0. The third-order valence-electron chi connectivity index (χ3n) is 4.75. The van der Waals surface area contributed by atoms with Gasteiger partial charge in [0.05, 0.1) is 32.6 Å². The van der Waals surface area contributed by atoms with E-state index in [4.69, 9.17) is 13.9 Å². The van der Waals surface area contributed by atoms with E-state index >= 15 is 0 Å². The van der Waals surface area contributed by atoms with Crippen molar-refractivity contribution in [1.82, 2.24) is 4.90 Å². The average molecular weight is 380 g/mol. The summed E-state index contributed by atoms with van der Waals surface area (Å²) in [7, 11) is 2.93. The van der Waals surface area contributed by atoms with Crippen LogP contribution in [0.1, 0.15) is 27.8 Å². The first-order chi connectivity index (χ1) is 13.6. The van der Waals surface area contributed by atoms with Crippen molar-refractivity contribution >= 4 is 11.6 Å². The highest BCUT2D eigenvalue weighted by Gasteiger charge is 2.34. The molecule has 2 N–H and O–H groups in total. The van der Waals surface area contributed by atoms with Crippen molar-refractivity contribution in [3.05, 3.63) is 71.7 Å². The summed E-state index contributed by atoms with van der Waals surface area (Å²) in [5, 5.41) is 13.6. The van der Waals surface area contributed by atoms with E-state index < -0.39 is 6.17 Å². The largest absolute Gasteiger partial charge is 0.502 e. The van der Waals surface area contributed by atoms with Crippen molar-refractivity contribution in [3.8, 4) is 17.2 Å².